The number of hydrogen-bond acceptors (Lipinski definition) is 3. The molecule has 2 aromatic carbocycles. The minimum Gasteiger partial charge on any atom is -0.379 e. The van der Waals surface area contributed by atoms with Gasteiger partial charge in [-0.25, -0.2) is 4.79 Å². The van der Waals surface area contributed by atoms with E-state index in [2.05, 4.69) is 10.6 Å². The maximum absolute atomic E-state index is 12.4. The van der Waals surface area contributed by atoms with Gasteiger partial charge in [0.05, 0.1) is 0 Å². The first-order valence-corrected chi connectivity index (χ1v) is 7.65. The van der Waals surface area contributed by atoms with Crippen molar-refractivity contribution in [2.75, 3.05) is 10.6 Å². The Balaban J connectivity index is 1.97. The summed E-state index contributed by atoms with van der Waals surface area (Å²) in [5.74, 6) is 0. The van der Waals surface area contributed by atoms with E-state index in [1.807, 2.05) is 0 Å². The number of aliphatic hydroxyl groups excluding tert-OH is 2. The Hall–Kier alpha value is -2.79. The lowest BCUT2D eigenvalue weighted by molar-refractivity contribution is -0.207. The van der Waals surface area contributed by atoms with E-state index in [9.17, 15) is 31.1 Å². The van der Waals surface area contributed by atoms with Crippen molar-refractivity contribution < 1.29 is 41.4 Å². The van der Waals surface area contributed by atoms with Crippen LogP contribution in [-0.2, 0) is 0 Å². The monoisotopic (exact) mass is 408 g/mol. The summed E-state index contributed by atoms with van der Waals surface area (Å²) in [6, 6.07) is 7.73. The molecule has 0 spiro atoms. The number of alkyl halides is 6. The van der Waals surface area contributed by atoms with Crippen LogP contribution >= 0.6 is 0 Å². The van der Waals surface area contributed by atoms with Gasteiger partial charge in [-0.1, -0.05) is 24.3 Å². The smallest absolute Gasteiger partial charge is 0.379 e. The number of aliphatic hydroxyl groups is 2. The molecule has 0 aliphatic heterocycles. The molecule has 0 radical (unpaired) electrons. The molecule has 0 bridgehead atoms. The summed E-state index contributed by atoms with van der Waals surface area (Å²) in [6.45, 7) is 0. The number of halogens is 6. The molecule has 5 nitrogen and oxygen atoms in total. The Morgan fingerprint density at radius 1 is 0.679 bits per heavy atom. The van der Waals surface area contributed by atoms with Crippen molar-refractivity contribution in [3.05, 3.63) is 59.7 Å². The molecule has 0 aliphatic rings. The minimum absolute atomic E-state index is 0.125. The van der Waals surface area contributed by atoms with Crippen LogP contribution < -0.4 is 10.6 Å². The second-order valence-electron chi connectivity index (χ2n) is 5.71. The van der Waals surface area contributed by atoms with Gasteiger partial charge in [0.25, 0.3) is 0 Å². The van der Waals surface area contributed by atoms with Crippen LogP contribution in [-0.4, -0.2) is 28.6 Å². The molecule has 2 rings (SSSR count). The van der Waals surface area contributed by atoms with Crippen molar-refractivity contribution in [1.29, 1.82) is 0 Å². The maximum Gasteiger partial charge on any atom is 0.418 e. The van der Waals surface area contributed by atoms with Crippen molar-refractivity contribution in [2.24, 2.45) is 0 Å². The van der Waals surface area contributed by atoms with E-state index >= 15 is 0 Å². The third kappa shape index (κ3) is 5.60. The molecule has 0 fully saturated rings. The van der Waals surface area contributed by atoms with Gasteiger partial charge in [-0.3, -0.25) is 0 Å². The largest absolute Gasteiger partial charge is 0.418 e. The molecule has 152 valence electrons. The summed E-state index contributed by atoms with van der Waals surface area (Å²) in [7, 11) is 0. The van der Waals surface area contributed by atoms with Crippen LogP contribution in [0.2, 0.25) is 0 Å². The first kappa shape index (κ1) is 21.5. The molecule has 0 aliphatic carbocycles. The number of carbonyl (C=O) groups excluding carboxylic acids is 1. The van der Waals surface area contributed by atoms with E-state index in [1.54, 1.807) is 0 Å². The third-order valence-electron chi connectivity index (χ3n) is 3.59. The lowest BCUT2D eigenvalue weighted by Gasteiger charge is -2.16. The molecular formula is C17H14F6N2O3. The molecule has 0 heterocycles. The zero-order chi connectivity index (χ0) is 21.1. The molecule has 0 aromatic heterocycles. The van der Waals surface area contributed by atoms with E-state index in [-0.39, 0.29) is 11.4 Å². The maximum atomic E-state index is 12.4. The van der Waals surface area contributed by atoms with Gasteiger partial charge in [-0.15, -0.1) is 0 Å². The van der Waals surface area contributed by atoms with Gasteiger partial charge in [0, 0.05) is 11.4 Å². The summed E-state index contributed by atoms with van der Waals surface area (Å²) in [5.41, 5.74) is -0.561. The van der Waals surface area contributed by atoms with Gasteiger partial charge < -0.3 is 20.8 Å². The highest BCUT2D eigenvalue weighted by Crippen LogP contribution is 2.33. The van der Waals surface area contributed by atoms with Crippen molar-refractivity contribution in [3.63, 3.8) is 0 Å². The zero-order valence-corrected chi connectivity index (χ0v) is 13.8. The lowest BCUT2D eigenvalue weighted by atomic mass is 10.1. The fourth-order valence-electron chi connectivity index (χ4n) is 2.17. The molecule has 0 saturated carbocycles. The van der Waals surface area contributed by atoms with E-state index < -0.39 is 41.7 Å². The van der Waals surface area contributed by atoms with E-state index in [4.69, 9.17) is 10.2 Å². The second-order valence-corrected chi connectivity index (χ2v) is 5.71. The van der Waals surface area contributed by atoms with Crippen LogP contribution in [0.25, 0.3) is 0 Å². The normalized spacial score (nSPS) is 14.3. The van der Waals surface area contributed by atoms with Gasteiger partial charge in [-0.2, -0.15) is 26.3 Å². The lowest BCUT2D eigenvalue weighted by Crippen LogP contribution is -2.21. The fourth-order valence-corrected chi connectivity index (χ4v) is 2.17. The van der Waals surface area contributed by atoms with Gasteiger partial charge >= 0.3 is 18.4 Å². The first-order chi connectivity index (χ1) is 12.9. The van der Waals surface area contributed by atoms with Crippen molar-refractivity contribution in [1.82, 2.24) is 0 Å². The highest BCUT2D eigenvalue weighted by Gasteiger charge is 2.40. The Bertz CT molecular complexity index is 736. The van der Waals surface area contributed by atoms with Gasteiger partial charge in [-0.05, 0) is 35.4 Å². The quantitative estimate of drug-likeness (QED) is 0.562. The molecule has 28 heavy (non-hydrogen) atoms. The second kappa shape index (κ2) is 8.07. The van der Waals surface area contributed by atoms with Crippen LogP contribution in [0.5, 0.6) is 0 Å². The van der Waals surface area contributed by atoms with Crippen molar-refractivity contribution >= 4 is 17.4 Å². The van der Waals surface area contributed by atoms with Crippen molar-refractivity contribution in [2.45, 2.75) is 24.6 Å². The summed E-state index contributed by atoms with van der Waals surface area (Å²) in [6.07, 6.45) is -14.9. The number of nitrogens with one attached hydrogen (secondary N) is 2. The van der Waals surface area contributed by atoms with E-state index in [0.717, 1.165) is 48.5 Å². The summed E-state index contributed by atoms with van der Waals surface area (Å²) >= 11 is 0. The van der Waals surface area contributed by atoms with Crippen molar-refractivity contribution in [3.8, 4) is 0 Å². The number of amides is 2. The SMILES string of the molecule is O=C(Nc1ccc(C(O)C(F)(F)F)cc1)Nc1ccc(C(O)C(F)(F)F)cc1. The standard InChI is InChI=1S/C17H14F6N2O3/c18-16(19,20)13(26)9-1-5-11(6-2-9)24-15(28)25-12-7-3-10(4-8-12)14(27)17(21,22)23/h1-8,13-14,26-27H,(H2,24,25,28). The van der Waals surface area contributed by atoms with Crippen LogP contribution in [0, 0.1) is 0 Å². The molecule has 2 aromatic rings. The predicted molar refractivity (Wildman–Crippen MR) is 87.6 cm³/mol. The molecule has 0 saturated heterocycles. The highest BCUT2D eigenvalue weighted by molar-refractivity contribution is 5.99. The highest BCUT2D eigenvalue weighted by atomic mass is 19.4. The summed E-state index contributed by atoms with van der Waals surface area (Å²) < 4.78 is 74.5. The number of anilines is 2. The van der Waals surface area contributed by atoms with Crippen LogP contribution in [0.3, 0.4) is 0 Å². The Labute approximate surface area is 154 Å². The number of urea groups is 1. The molecule has 2 unspecified atom stereocenters. The minimum atomic E-state index is -4.82. The Morgan fingerprint density at radius 3 is 1.21 bits per heavy atom. The van der Waals surface area contributed by atoms with Crippen LogP contribution in [0.4, 0.5) is 42.5 Å². The predicted octanol–water partition coefficient (Wildman–Crippen LogP) is 4.52. The topological polar surface area (TPSA) is 81.6 Å². The van der Waals surface area contributed by atoms with E-state index in [1.165, 1.54) is 0 Å². The zero-order valence-electron chi connectivity index (χ0n) is 13.8. The summed E-state index contributed by atoms with van der Waals surface area (Å²) in [5, 5.41) is 22.9. The average Bonchev–Trinajstić information content (AvgIpc) is 2.60. The molecule has 4 N–H and O–H groups in total. The average molecular weight is 408 g/mol. The molecule has 11 heteroatoms. The number of rotatable bonds is 4. The number of hydrogen-bond donors (Lipinski definition) is 4. The van der Waals surface area contributed by atoms with Crippen LogP contribution in [0.1, 0.15) is 23.3 Å². The van der Waals surface area contributed by atoms with E-state index in [0.29, 0.717) is 0 Å². The third-order valence-corrected chi connectivity index (χ3v) is 3.59. The number of carbonyl (C=O) groups is 1. The number of benzene rings is 2. The molecule has 2 amide bonds. The van der Waals surface area contributed by atoms with Crippen LogP contribution in [0.15, 0.2) is 48.5 Å². The van der Waals surface area contributed by atoms with Gasteiger partial charge in [0.1, 0.15) is 0 Å². The Morgan fingerprint density at radius 2 is 0.964 bits per heavy atom. The van der Waals surface area contributed by atoms with Gasteiger partial charge in [0.15, 0.2) is 12.2 Å². The Kier molecular flexibility index (Phi) is 6.20. The van der Waals surface area contributed by atoms with Gasteiger partial charge in [0.2, 0.25) is 0 Å². The molecule has 2 atom stereocenters. The molecular weight excluding hydrogens is 394 g/mol. The first-order valence-electron chi connectivity index (χ1n) is 7.65. The fraction of sp³-hybridized carbons (Fsp3) is 0.235. The summed E-state index contributed by atoms with van der Waals surface area (Å²) in [4.78, 5) is 11.9.